The zero-order valence-electron chi connectivity index (χ0n) is 62.2. The third kappa shape index (κ3) is 41.5. The van der Waals surface area contributed by atoms with Crippen molar-refractivity contribution in [3.63, 3.8) is 0 Å². The molecule has 0 aromatic carbocycles. The molecule has 34 heteroatoms. The van der Waals surface area contributed by atoms with Crippen LogP contribution in [-0.4, -0.2) is 170 Å². The van der Waals surface area contributed by atoms with Gasteiger partial charge >= 0.3 is 101 Å². The molecule has 0 spiro atoms. The fourth-order valence-electron chi connectivity index (χ4n) is 10.9. The summed E-state index contributed by atoms with van der Waals surface area (Å²) in [7, 11) is 0. The van der Waals surface area contributed by atoms with Gasteiger partial charge in [-0.15, -0.1) is 25.2 Å². The van der Waals surface area contributed by atoms with Crippen molar-refractivity contribution in [2.45, 2.75) is 322 Å². The van der Waals surface area contributed by atoms with Gasteiger partial charge in [0.2, 0.25) is 10.8 Å². The van der Waals surface area contributed by atoms with Crippen molar-refractivity contribution in [1.29, 1.82) is 0 Å². The van der Waals surface area contributed by atoms with Crippen molar-refractivity contribution in [3.05, 3.63) is 56.0 Å². The van der Waals surface area contributed by atoms with Crippen LogP contribution < -0.4 is 42.0 Å². The van der Waals surface area contributed by atoms with Gasteiger partial charge in [-0.3, -0.25) is 9.59 Å². The van der Waals surface area contributed by atoms with Crippen molar-refractivity contribution >= 4 is 63.6 Å². The average Bonchev–Trinajstić information content (AvgIpc) is 0.787. The molecule has 5 aliphatic carbocycles. The molecule has 5 saturated carbocycles. The fourth-order valence-corrected chi connectivity index (χ4v) is 10.9. The Morgan fingerprint density at radius 2 is 0.701 bits per heavy atom. The summed E-state index contributed by atoms with van der Waals surface area (Å²) < 4.78 is 206. The number of hydrogen-bond donors (Lipinski definition) is 6. The molecule has 622 valence electrons. The minimum Gasteiger partial charge on any atom is -1.00 e. The number of ketones is 1. The predicted octanol–water partition coefficient (Wildman–Crippen LogP) is 12.0. The van der Waals surface area contributed by atoms with Gasteiger partial charge in [0.25, 0.3) is 0 Å². The second-order valence-corrected chi connectivity index (χ2v) is 27.9. The molecule has 0 aromatic heterocycles. The second-order valence-electron chi connectivity index (χ2n) is 27.6. The smallest absolute Gasteiger partial charge is 1.00 e. The maximum atomic E-state index is 13.6. The van der Waals surface area contributed by atoms with Crippen molar-refractivity contribution in [3.8, 4) is 25.2 Å². The molecule has 0 heterocycles. The van der Waals surface area contributed by atoms with Crippen LogP contribution in [0, 0.1) is 62.2 Å². The van der Waals surface area contributed by atoms with Gasteiger partial charge in [-0.2, -0.15) is 65.9 Å². The summed E-state index contributed by atoms with van der Waals surface area (Å²) in [5.74, 6) is -4.17. The van der Waals surface area contributed by atoms with Crippen LogP contribution in [0.3, 0.4) is 0 Å². The third-order valence-electron chi connectivity index (χ3n) is 18.6. The quantitative estimate of drug-likeness (QED) is 0.0155. The Balaban J connectivity index is -0.000000115. The number of ether oxygens (including phenoxy) is 3. The van der Waals surface area contributed by atoms with E-state index in [-0.39, 0.29) is 213 Å². The molecule has 0 radical (unpaired) electrons. The van der Waals surface area contributed by atoms with Gasteiger partial charge in [-0.1, -0.05) is 48.6 Å². The average molecular weight is 1640 g/mol. The Kier molecular flexibility index (Phi) is 61.4. The molecule has 0 saturated heterocycles. The number of Topliss-reactive ketones (excluding diaryl/α,β-unsaturated/α-hetero) is 1. The number of terminal acetylenes is 2. The summed E-state index contributed by atoms with van der Waals surface area (Å²) >= 11 is 4.87. The van der Waals surface area contributed by atoms with Crippen molar-refractivity contribution in [1.82, 2.24) is 0 Å². The summed E-state index contributed by atoms with van der Waals surface area (Å²) in [5, 5.41) is 56.1. The largest absolute Gasteiger partial charge is 2.00 e. The Hall–Kier alpha value is -3.15. The van der Waals surface area contributed by atoms with Gasteiger partial charge < -0.3 is 70.2 Å². The van der Waals surface area contributed by atoms with Gasteiger partial charge in [0, 0.05) is 41.1 Å². The Morgan fingerprint density at radius 1 is 0.486 bits per heavy atom. The zero-order chi connectivity index (χ0) is 79.1. The van der Waals surface area contributed by atoms with E-state index in [9.17, 15) is 115 Å². The van der Waals surface area contributed by atoms with Gasteiger partial charge in [0.05, 0.1) is 11.7 Å². The molecule has 0 bridgehead atoms. The molecule has 5 atom stereocenters. The van der Waals surface area contributed by atoms with Gasteiger partial charge in [-0.25, -0.2) is 14.4 Å². The number of hydrogen-bond acceptors (Lipinski definition) is 15. The SMILES string of the molecule is C.C.C.C#C.C#CC.C=C(C)C(=O)Cl.C=C(C)C(=O)OC1(C)CCC(C(C)(O)C(F)(F)F)CC1.C=C(C)C(=O)OC1(C)CCC(C(C)(OC(=O)C(=C)C)C(F)(F)F)CC1.CC(O)(C1CCC(=O)CC1)C(F)(F)F.CC(O)(C1CCC(O)CC1)C(F)(F)F.CC1(O)CCC(C(C)(O)C(F)(F)F)CC1.[CH3-].[Cl-].[Mg+2].[Na+].[OH-]. The Bertz CT molecular complexity index is 2710. The van der Waals surface area contributed by atoms with Crippen LogP contribution in [0.2, 0.25) is 0 Å². The topological polar surface area (TPSA) is 264 Å². The first-order chi connectivity index (χ1) is 44.2. The van der Waals surface area contributed by atoms with Gasteiger partial charge in [0.15, 0.2) is 22.4 Å². The maximum Gasteiger partial charge on any atom is 2.00 e. The predicted molar refractivity (Wildman–Crippen MR) is 376 cm³/mol. The number of esters is 3. The normalized spacial score (nSPS) is 25.3. The molecule has 5 unspecified atom stereocenters. The monoisotopic (exact) mass is 1640 g/mol. The van der Waals surface area contributed by atoms with E-state index in [1.54, 1.807) is 34.6 Å². The summed E-state index contributed by atoms with van der Waals surface area (Å²) in [6.07, 6.45) is -6.71. The number of aliphatic hydroxyl groups excluding tert-OH is 1. The number of aliphatic hydroxyl groups is 6. The minimum absolute atomic E-state index is 0. The molecule has 15 nitrogen and oxygen atoms in total. The van der Waals surface area contributed by atoms with E-state index in [1.165, 1.54) is 20.8 Å². The van der Waals surface area contributed by atoms with E-state index < -0.39 is 135 Å². The van der Waals surface area contributed by atoms with E-state index in [4.69, 9.17) is 30.9 Å². The van der Waals surface area contributed by atoms with Crippen molar-refractivity contribution < 1.29 is 182 Å². The molecular weight excluding hydrogens is 1520 g/mol. The molecule has 5 rings (SSSR count). The van der Waals surface area contributed by atoms with Gasteiger partial charge in [0.1, 0.15) is 17.0 Å². The Morgan fingerprint density at radius 3 is 0.916 bits per heavy atom. The zero-order valence-corrected chi connectivity index (χ0v) is 67.1. The first kappa shape index (κ1) is 127. The molecule has 7 N–H and O–H groups in total. The summed E-state index contributed by atoms with van der Waals surface area (Å²) in [5.41, 5.74) is -14.9. The van der Waals surface area contributed by atoms with E-state index in [1.807, 2.05) is 0 Å². The van der Waals surface area contributed by atoms with Crippen molar-refractivity contribution in [2.24, 2.45) is 29.6 Å². The van der Waals surface area contributed by atoms with Gasteiger partial charge in [-0.05, 0) is 241 Å². The number of halogens is 17. The van der Waals surface area contributed by atoms with E-state index in [0.29, 0.717) is 44.1 Å². The molecular formula is C73H118Cl2F15MgNaO15. The molecule has 0 aliphatic heterocycles. The fraction of sp³-hybridized carbons (Fsp3) is 0.753. The summed E-state index contributed by atoms with van der Waals surface area (Å²) in [4.78, 5) is 55.5. The number of carbonyl (C=O) groups excluding carboxylic acids is 5. The molecule has 0 aromatic rings. The van der Waals surface area contributed by atoms with Crippen LogP contribution in [0.1, 0.15) is 241 Å². The minimum atomic E-state index is -4.72. The van der Waals surface area contributed by atoms with Crippen LogP contribution in [-0.2, 0) is 38.2 Å². The van der Waals surface area contributed by atoms with E-state index >= 15 is 0 Å². The number of alkyl halides is 15. The Labute approximate surface area is 674 Å². The number of carbonyl (C=O) groups is 5. The van der Waals surface area contributed by atoms with E-state index in [2.05, 4.69) is 51.5 Å². The maximum absolute atomic E-state index is 13.6. The molecule has 107 heavy (non-hydrogen) atoms. The van der Waals surface area contributed by atoms with Crippen LogP contribution in [0.4, 0.5) is 65.9 Å². The van der Waals surface area contributed by atoms with Crippen LogP contribution in [0.25, 0.3) is 0 Å². The van der Waals surface area contributed by atoms with Crippen LogP contribution in [0.15, 0.2) is 48.6 Å². The number of rotatable bonds is 12. The molecule has 5 fully saturated rings. The number of allylic oxidation sites excluding steroid dienone is 1. The second kappa shape index (κ2) is 51.6. The first-order valence-corrected chi connectivity index (χ1v) is 32.0. The van der Waals surface area contributed by atoms with E-state index in [0.717, 1.165) is 34.6 Å². The molecule has 5 aliphatic rings. The van der Waals surface area contributed by atoms with Crippen molar-refractivity contribution in [2.75, 3.05) is 0 Å². The summed E-state index contributed by atoms with van der Waals surface area (Å²) in [6.45, 7) is 30.2. The third-order valence-corrected chi connectivity index (χ3v) is 18.9. The van der Waals surface area contributed by atoms with Crippen LogP contribution in [0.5, 0.6) is 0 Å². The standard InChI is InChI=1S/C18H25F3O4.C14H21F3O3.C10H17F3O2.C9H15F3O2.C9H13F3O2.C4H5ClO.C3H4.C2H2.3CH4.CH3.ClH.Mg.Na.H2O/c1-11(2)14(22)24-16(5)9-7-13(8-10-16)17(6,18(19,20)21)25-15(23)12(3)4;1-9(2)11(18)20-12(3)7-5-10(6-8-12)13(4,19)14(15,16)17;1-8(14)5-3-7(4-6-8)9(2,15)10(11,12)13;2*1-8(14,9(10,11)12)6-2-4-7(13)5-3-6;1-3(2)4(5)6;1-3-2;1-2;;;;;;;;/h13H,1,3,7-10H2,2,4-6H3;10,19H,1,5-8H2,2-4H3;7,14-15H,3-6H2,1-2H3;6-7,13-14H,2-5H2,1H3;6,14H,2-5H2,1H3;1H2,2H3;1H,2H3;1-2H;3*1H4;1H3;1H;;;1H2/q;;;;;;;;;;;-1;;+2;+1;/p-2. The van der Waals surface area contributed by atoms with Crippen LogP contribution >= 0.6 is 11.6 Å². The summed E-state index contributed by atoms with van der Waals surface area (Å²) in [6, 6.07) is 0. The first-order valence-electron chi connectivity index (χ1n) is 31.6. The molecule has 0 amide bonds.